The summed E-state index contributed by atoms with van der Waals surface area (Å²) in [6.07, 6.45) is 3.82. The quantitative estimate of drug-likeness (QED) is 0.904. The largest absolute Gasteiger partial charge is 0.497 e. The van der Waals surface area contributed by atoms with Gasteiger partial charge in [-0.1, -0.05) is 19.1 Å². The molecule has 3 nitrogen and oxygen atoms in total. The van der Waals surface area contributed by atoms with Crippen molar-refractivity contribution in [1.82, 2.24) is 10.3 Å². The summed E-state index contributed by atoms with van der Waals surface area (Å²) in [5, 5.41) is 3.54. The van der Waals surface area contributed by atoms with Gasteiger partial charge in [-0.25, -0.2) is 0 Å². The third kappa shape index (κ3) is 3.17. The first-order valence-electron chi connectivity index (χ1n) is 6.95. The maximum atomic E-state index is 5.28. The molecule has 0 saturated carbocycles. The molecule has 1 atom stereocenters. The first-order valence-corrected chi connectivity index (χ1v) is 6.95. The minimum atomic E-state index is 0.165. The topological polar surface area (TPSA) is 34.2 Å². The van der Waals surface area contributed by atoms with Crippen molar-refractivity contribution in [2.45, 2.75) is 26.8 Å². The predicted octanol–water partition coefficient (Wildman–Crippen LogP) is 3.41. The van der Waals surface area contributed by atoms with E-state index >= 15 is 0 Å². The number of ether oxygens (including phenoxy) is 1. The highest BCUT2D eigenvalue weighted by atomic mass is 16.5. The SMILES string of the molecule is CCNC(c1cncc(C)c1)c1ccc(OC)cc1C. The molecule has 0 bridgehead atoms. The Morgan fingerprint density at radius 3 is 2.60 bits per heavy atom. The molecule has 3 heteroatoms. The highest BCUT2D eigenvalue weighted by Crippen LogP contribution is 2.27. The maximum Gasteiger partial charge on any atom is 0.119 e. The lowest BCUT2D eigenvalue weighted by molar-refractivity contribution is 0.414. The van der Waals surface area contributed by atoms with E-state index in [0.717, 1.165) is 12.3 Å². The van der Waals surface area contributed by atoms with Crippen LogP contribution in [0.2, 0.25) is 0 Å². The van der Waals surface area contributed by atoms with Crippen LogP contribution in [0.5, 0.6) is 5.75 Å². The fraction of sp³-hybridized carbons (Fsp3) is 0.353. The second kappa shape index (κ2) is 6.53. The number of hydrogen-bond acceptors (Lipinski definition) is 3. The summed E-state index contributed by atoms with van der Waals surface area (Å²) < 4.78 is 5.28. The lowest BCUT2D eigenvalue weighted by Gasteiger charge is -2.21. The van der Waals surface area contributed by atoms with Gasteiger partial charge in [-0.15, -0.1) is 0 Å². The Hall–Kier alpha value is -1.87. The van der Waals surface area contributed by atoms with Crippen LogP contribution in [-0.4, -0.2) is 18.6 Å². The van der Waals surface area contributed by atoms with E-state index in [0.29, 0.717) is 0 Å². The molecule has 0 aliphatic rings. The number of aryl methyl sites for hydroxylation is 2. The smallest absolute Gasteiger partial charge is 0.119 e. The molecule has 0 aliphatic heterocycles. The average Bonchev–Trinajstić information content (AvgIpc) is 2.45. The van der Waals surface area contributed by atoms with Gasteiger partial charge < -0.3 is 10.1 Å². The molecule has 0 spiro atoms. The molecule has 1 aromatic carbocycles. The molecule has 1 N–H and O–H groups in total. The number of nitrogens with zero attached hydrogens (tertiary/aromatic N) is 1. The molecule has 1 heterocycles. The van der Waals surface area contributed by atoms with Crippen LogP contribution in [0.15, 0.2) is 36.7 Å². The van der Waals surface area contributed by atoms with Gasteiger partial charge in [0.2, 0.25) is 0 Å². The summed E-state index contributed by atoms with van der Waals surface area (Å²) in [5.41, 5.74) is 4.86. The lowest BCUT2D eigenvalue weighted by atomic mass is 9.95. The van der Waals surface area contributed by atoms with Gasteiger partial charge >= 0.3 is 0 Å². The highest BCUT2D eigenvalue weighted by Gasteiger charge is 2.16. The Balaban J connectivity index is 2.43. The van der Waals surface area contributed by atoms with Gasteiger partial charge in [-0.2, -0.15) is 0 Å². The summed E-state index contributed by atoms with van der Waals surface area (Å²) in [6.45, 7) is 7.21. The van der Waals surface area contributed by atoms with Crippen molar-refractivity contribution in [1.29, 1.82) is 0 Å². The maximum absolute atomic E-state index is 5.28. The van der Waals surface area contributed by atoms with Gasteiger partial charge in [-0.3, -0.25) is 4.98 Å². The fourth-order valence-electron chi connectivity index (χ4n) is 2.45. The summed E-state index contributed by atoms with van der Waals surface area (Å²) >= 11 is 0. The van der Waals surface area contributed by atoms with Crippen LogP contribution >= 0.6 is 0 Å². The molecular formula is C17H22N2O. The molecule has 2 rings (SSSR count). The number of pyridine rings is 1. The van der Waals surface area contributed by atoms with E-state index in [1.807, 2.05) is 18.5 Å². The minimum absolute atomic E-state index is 0.165. The van der Waals surface area contributed by atoms with Crippen LogP contribution in [0.25, 0.3) is 0 Å². The number of rotatable bonds is 5. The Kier molecular flexibility index (Phi) is 4.74. The number of benzene rings is 1. The van der Waals surface area contributed by atoms with E-state index in [2.05, 4.69) is 49.3 Å². The van der Waals surface area contributed by atoms with Crippen LogP contribution in [0.1, 0.15) is 35.2 Å². The second-order valence-corrected chi connectivity index (χ2v) is 5.01. The van der Waals surface area contributed by atoms with Crippen molar-refractivity contribution >= 4 is 0 Å². The van der Waals surface area contributed by atoms with Gasteiger partial charge in [0.15, 0.2) is 0 Å². The van der Waals surface area contributed by atoms with Crippen molar-refractivity contribution < 1.29 is 4.74 Å². The first-order chi connectivity index (χ1) is 9.65. The van der Waals surface area contributed by atoms with Gasteiger partial charge in [0.25, 0.3) is 0 Å². The van der Waals surface area contributed by atoms with Crippen molar-refractivity contribution in [3.05, 3.63) is 58.9 Å². The Morgan fingerprint density at radius 2 is 2.00 bits per heavy atom. The Labute approximate surface area is 121 Å². The van der Waals surface area contributed by atoms with Crippen LogP contribution in [-0.2, 0) is 0 Å². The molecule has 20 heavy (non-hydrogen) atoms. The van der Waals surface area contributed by atoms with Gasteiger partial charge in [0.05, 0.1) is 13.2 Å². The van der Waals surface area contributed by atoms with E-state index in [-0.39, 0.29) is 6.04 Å². The van der Waals surface area contributed by atoms with E-state index in [9.17, 15) is 0 Å². The summed E-state index contributed by atoms with van der Waals surface area (Å²) in [4.78, 5) is 4.31. The molecule has 0 saturated heterocycles. The molecule has 106 valence electrons. The van der Waals surface area contributed by atoms with Crippen molar-refractivity contribution in [3.63, 3.8) is 0 Å². The van der Waals surface area contributed by atoms with E-state index < -0.39 is 0 Å². The van der Waals surface area contributed by atoms with Crippen molar-refractivity contribution in [2.24, 2.45) is 0 Å². The minimum Gasteiger partial charge on any atom is -0.497 e. The number of methoxy groups -OCH3 is 1. The fourth-order valence-corrected chi connectivity index (χ4v) is 2.45. The summed E-state index contributed by atoms with van der Waals surface area (Å²) in [6, 6.07) is 8.56. The average molecular weight is 270 g/mol. The molecule has 0 fully saturated rings. The Morgan fingerprint density at radius 1 is 1.20 bits per heavy atom. The predicted molar refractivity (Wildman–Crippen MR) is 82.2 cm³/mol. The van der Waals surface area contributed by atoms with E-state index in [4.69, 9.17) is 4.74 Å². The first kappa shape index (κ1) is 14.5. The lowest BCUT2D eigenvalue weighted by Crippen LogP contribution is -2.23. The third-order valence-corrected chi connectivity index (χ3v) is 3.43. The standard InChI is InChI=1S/C17H22N2O/c1-5-19-17(14-8-12(2)10-18-11-14)16-7-6-15(20-4)9-13(16)3/h6-11,17,19H,5H2,1-4H3. The molecule has 1 unspecified atom stereocenters. The molecular weight excluding hydrogens is 248 g/mol. The van der Waals surface area contributed by atoms with Gasteiger partial charge in [0.1, 0.15) is 5.75 Å². The molecule has 0 aliphatic carbocycles. The van der Waals surface area contributed by atoms with E-state index in [1.54, 1.807) is 7.11 Å². The third-order valence-electron chi connectivity index (χ3n) is 3.43. The van der Waals surface area contributed by atoms with E-state index in [1.165, 1.54) is 22.3 Å². The number of hydrogen-bond donors (Lipinski definition) is 1. The van der Waals surface area contributed by atoms with Crippen LogP contribution < -0.4 is 10.1 Å². The highest BCUT2D eigenvalue weighted by molar-refractivity contribution is 5.41. The molecule has 0 amide bonds. The number of aromatic nitrogens is 1. The zero-order valence-electron chi connectivity index (χ0n) is 12.6. The second-order valence-electron chi connectivity index (χ2n) is 5.01. The van der Waals surface area contributed by atoms with Crippen molar-refractivity contribution in [3.8, 4) is 5.75 Å². The van der Waals surface area contributed by atoms with Gasteiger partial charge in [-0.05, 0) is 54.8 Å². The van der Waals surface area contributed by atoms with Crippen LogP contribution in [0.4, 0.5) is 0 Å². The van der Waals surface area contributed by atoms with Crippen LogP contribution in [0, 0.1) is 13.8 Å². The summed E-state index contributed by atoms with van der Waals surface area (Å²) in [7, 11) is 1.70. The monoisotopic (exact) mass is 270 g/mol. The zero-order valence-corrected chi connectivity index (χ0v) is 12.6. The van der Waals surface area contributed by atoms with Gasteiger partial charge in [0, 0.05) is 12.4 Å². The number of nitrogens with one attached hydrogen (secondary N) is 1. The molecule has 2 aromatic rings. The van der Waals surface area contributed by atoms with Crippen LogP contribution in [0.3, 0.4) is 0 Å². The molecule has 0 radical (unpaired) electrons. The Bertz CT molecular complexity index is 581. The normalized spacial score (nSPS) is 12.2. The van der Waals surface area contributed by atoms with Crippen molar-refractivity contribution in [2.75, 3.05) is 13.7 Å². The summed E-state index contributed by atoms with van der Waals surface area (Å²) in [5.74, 6) is 0.892. The molecule has 1 aromatic heterocycles. The zero-order chi connectivity index (χ0) is 14.5.